The van der Waals surface area contributed by atoms with Crippen molar-refractivity contribution in [3.63, 3.8) is 0 Å². The van der Waals surface area contributed by atoms with Gasteiger partial charge in [-0.25, -0.2) is 0 Å². The first-order valence-corrected chi connectivity index (χ1v) is 11.1. The van der Waals surface area contributed by atoms with Crippen LogP contribution in [0.3, 0.4) is 0 Å². The summed E-state index contributed by atoms with van der Waals surface area (Å²) in [6.07, 6.45) is 7.05. The molecule has 0 radical (unpaired) electrons. The van der Waals surface area contributed by atoms with Crippen LogP contribution in [0.15, 0.2) is 24.3 Å². The predicted molar refractivity (Wildman–Crippen MR) is 111 cm³/mol. The minimum atomic E-state index is 0.235. The van der Waals surface area contributed by atoms with Crippen molar-refractivity contribution in [2.75, 3.05) is 46.4 Å². The van der Waals surface area contributed by atoms with E-state index in [4.69, 9.17) is 4.74 Å². The molecule has 1 aromatic rings. The van der Waals surface area contributed by atoms with Gasteiger partial charge < -0.3 is 9.64 Å². The largest absolute Gasteiger partial charge is 0.496 e. The smallest absolute Gasteiger partial charge is 0.226 e. The molecule has 0 unspecified atom stereocenters. The molecule has 1 atom stereocenters. The maximum absolute atomic E-state index is 12.8. The predicted octanol–water partition coefficient (Wildman–Crippen LogP) is 2.99. The van der Waals surface area contributed by atoms with Crippen molar-refractivity contribution in [1.82, 2.24) is 14.7 Å². The number of amides is 1. The van der Waals surface area contributed by atoms with E-state index >= 15 is 0 Å². The zero-order valence-electron chi connectivity index (χ0n) is 17.3. The van der Waals surface area contributed by atoms with E-state index < -0.39 is 0 Å². The average molecular weight is 386 g/mol. The lowest BCUT2D eigenvalue weighted by molar-refractivity contribution is -0.136. The lowest BCUT2D eigenvalue weighted by atomic mass is 9.93. The Bertz CT molecular complexity index is 651. The number of ether oxygens (including phenoxy) is 1. The van der Waals surface area contributed by atoms with E-state index in [1.165, 1.54) is 44.2 Å². The Labute approximate surface area is 169 Å². The third-order valence-corrected chi connectivity index (χ3v) is 6.88. The molecule has 0 saturated carbocycles. The topological polar surface area (TPSA) is 36.0 Å². The fourth-order valence-corrected chi connectivity index (χ4v) is 5.25. The van der Waals surface area contributed by atoms with Crippen LogP contribution in [0.1, 0.15) is 44.1 Å². The van der Waals surface area contributed by atoms with Gasteiger partial charge in [0.1, 0.15) is 5.75 Å². The SMILES string of the molecule is COc1ccccc1CN1CCC(N2CCC[C@H](C(=O)N3CCCC3)C2)CC1. The van der Waals surface area contributed by atoms with Gasteiger partial charge in [0.25, 0.3) is 0 Å². The van der Waals surface area contributed by atoms with Gasteiger partial charge in [0.15, 0.2) is 0 Å². The quantitative estimate of drug-likeness (QED) is 0.781. The first-order chi connectivity index (χ1) is 13.7. The fourth-order valence-electron chi connectivity index (χ4n) is 5.25. The van der Waals surface area contributed by atoms with E-state index in [0.717, 1.165) is 51.4 Å². The molecular formula is C23H35N3O2. The summed E-state index contributed by atoms with van der Waals surface area (Å²) in [6.45, 7) is 7.33. The van der Waals surface area contributed by atoms with Gasteiger partial charge >= 0.3 is 0 Å². The highest BCUT2D eigenvalue weighted by Gasteiger charge is 2.34. The Morgan fingerprint density at radius 1 is 1.00 bits per heavy atom. The molecule has 1 amide bonds. The molecule has 3 aliphatic heterocycles. The first kappa shape index (κ1) is 19.7. The molecule has 28 heavy (non-hydrogen) atoms. The number of nitrogens with zero attached hydrogens (tertiary/aromatic N) is 3. The van der Waals surface area contributed by atoms with Gasteiger partial charge in [-0.15, -0.1) is 0 Å². The number of hydrogen-bond acceptors (Lipinski definition) is 4. The number of benzene rings is 1. The van der Waals surface area contributed by atoms with Crippen molar-refractivity contribution in [1.29, 1.82) is 0 Å². The summed E-state index contributed by atoms with van der Waals surface area (Å²) in [5.41, 5.74) is 1.28. The molecule has 1 aromatic carbocycles. The van der Waals surface area contributed by atoms with E-state index in [1.54, 1.807) is 7.11 Å². The first-order valence-electron chi connectivity index (χ1n) is 11.1. The van der Waals surface area contributed by atoms with Gasteiger partial charge in [0.05, 0.1) is 13.0 Å². The van der Waals surface area contributed by atoms with E-state index in [9.17, 15) is 4.79 Å². The number of carbonyl (C=O) groups excluding carboxylic acids is 1. The molecule has 0 N–H and O–H groups in total. The summed E-state index contributed by atoms with van der Waals surface area (Å²) in [6, 6.07) is 8.99. The Morgan fingerprint density at radius 2 is 1.75 bits per heavy atom. The molecule has 5 heteroatoms. The number of likely N-dealkylation sites (tertiary alicyclic amines) is 3. The Kier molecular flexibility index (Phi) is 6.53. The average Bonchev–Trinajstić information content (AvgIpc) is 3.29. The second kappa shape index (κ2) is 9.27. The molecule has 3 heterocycles. The molecule has 5 nitrogen and oxygen atoms in total. The van der Waals surface area contributed by atoms with Crippen molar-refractivity contribution in [3.05, 3.63) is 29.8 Å². The highest BCUT2D eigenvalue weighted by Crippen LogP contribution is 2.27. The molecule has 0 spiro atoms. The van der Waals surface area contributed by atoms with Gasteiger partial charge in [-0.3, -0.25) is 14.6 Å². The number of para-hydroxylation sites is 1. The van der Waals surface area contributed by atoms with Crippen molar-refractivity contribution in [3.8, 4) is 5.75 Å². The fraction of sp³-hybridized carbons (Fsp3) is 0.696. The van der Waals surface area contributed by atoms with E-state index in [-0.39, 0.29) is 5.92 Å². The zero-order valence-corrected chi connectivity index (χ0v) is 17.3. The highest BCUT2D eigenvalue weighted by molar-refractivity contribution is 5.79. The maximum atomic E-state index is 12.8. The Hall–Kier alpha value is -1.59. The van der Waals surface area contributed by atoms with Crippen LogP contribution in [0.4, 0.5) is 0 Å². The van der Waals surface area contributed by atoms with Gasteiger partial charge in [-0.05, 0) is 64.2 Å². The standard InChI is InChI=1S/C23H35N3O2/c1-28-22-9-3-2-7-19(22)17-24-15-10-21(11-16-24)26-14-6-8-20(18-26)23(27)25-12-4-5-13-25/h2-3,7,9,20-21H,4-6,8,10-18H2,1H3/t20-/m0/s1. The second-order valence-electron chi connectivity index (χ2n) is 8.69. The third kappa shape index (κ3) is 4.52. The summed E-state index contributed by atoms with van der Waals surface area (Å²) in [7, 11) is 1.75. The zero-order chi connectivity index (χ0) is 19.3. The van der Waals surface area contributed by atoms with Crippen LogP contribution in [-0.2, 0) is 11.3 Å². The molecule has 0 aromatic heterocycles. The molecule has 4 rings (SSSR count). The second-order valence-corrected chi connectivity index (χ2v) is 8.69. The Morgan fingerprint density at radius 3 is 2.50 bits per heavy atom. The summed E-state index contributed by atoms with van der Waals surface area (Å²) in [5.74, 6) is 1.65. The van der Waals surface area contributed by atoms with Crippen LogP contribution in [0.2, 0.25) is 0 Å². The van der Waals surface area contributed by atoms with Crippen LogP contribution >= 0.6 is 0 Å². The Balaban J connectivity index is 1.28. The van der Waals surface area contributed by atoms with E-state index in [2.05, 4.69) is 26.8 Å². The van der Waals surface area contributed by atoms with E-state index in [1.807, 2.05) is 12.1 Å². The summed E-state index contributed by atoms with van der Waals surface area (Å²) in [4.78, 5) is 20.1. The lowest BCUT2D eigenvalue weighted by Crippen LogP contribution is -2.51. The number of hydrogen-bond donors (Lipinski definition) is 0. The number of rotatable bonds is 5. The van der Waals surface area contributed by atoms with Crippen molar-refractivity contribution in [2.45, 2.75) is 51.1 Å². The maximum Gasteiger partial charge on any atom is 0.226 e. The van der Waals surface area contributed by atoms with Crippen LogP contribution < -0.4 is 4.74 Å². The molecule has 3 aliphatic rings. The lowest BCUT2D eigenvalue weighted by Gasteiger charge is -2.42. The highest BCUT2D eigenvalue weighted by atomic mass is 16.5. The summed E-state index contributed by atoms with van der Waals surface area (Å²) < 4.78 is 5.51. The molecule has 3 saturated heterocycles. The normalized spacial score (nSPS) is 25.2. The number of methoxy groups -OCH3 is 1. The van der Waals surface area contributed by atoms with Crippen LogP contribution in [0.5, 0.6) is 5.75 Å². The summed E-state index contributed by atoms with van der Waals surface area (Å²) >= 11 is 0. The molecular weight excluding hydrogens is 350 g/mol. The van der Waals surface area contributed by atoms with Gasteiger partial charge in [0.2, 0.25) is 5.91 Å². The number of carbonyl (C=O) groups is 1. The van der Waals surface area contributed by atoms with Gasteiger partial charge in [-0.2, -0.15) is 0 Å². The molecule has 154 valence electrons. The van der Waals surface area contributed by atoms with Gasteiger partial charge in [0, 0.05) is 37.8 Å². The summed E-state index contributed by atoms with van der Waals surface area (Å²) in [5, 5.41) is 0. The molecule has 3 fully saturated rings. The number of piperidine rings is 2. The van der Waals surface area contributed by atoms with Crippen molar-refractivity contribution < 1.29 is 9.53 Å². The minimum absolute atomic E-state index is 0.235. The minimum Gasteiger partial charge on any atom is -0.496 e. The van der Waals surface area contributed by atoms with E-state index in [0.29, 0.717) is 11.9 Å². The van der Waals surface area contributed by atoms with Gasteiger partial charge in [-0.1, -0.05) is 18.2 Å². The monoisotopic (exact) mass is 385 g/mol. The van der Waals surface area contributed by atoms with Crippen molar-refractivity contribution in [2.24, 2.45) is 5.92 Å². The molecule has 0 bridgehead atoms. The third-order valence-electron chi connectivity index (χ3n) is 6.88. The van der Waals surface area contributed by atoms with Crippen LogP contribution in [-0.4, -0.2) is 73.0 Å². The van der Waals surface area contributed by atoms with Crippen LogP contribution in [0, 0.1) is 5.92 Å². The van der Waals surface area contributed by atoms with Crippen LogP contribution in [0.25, 0.3) is 0 Å². The molecule has 0 aliphatic carbocycles. The van der Waals surface area contributed by atoms with Crippen molar-refractivity contribution >= 4 is 5.91 Å².